The molecule has 0 saturated heterocycles. The highest BCUT2D eigenvalue weighted by Gasteiger charge is 2.29. The molecule has 0 radical (unpaired) electrons. The van der Waals surface area contributed by atoms with Gasteiger partial charge in [0.1, 0.15) is 0 Å². The average molecular weight is 221 g/mol. The lowest BCUT2D eigenvalue weighted by atomic mass is 10.0. The van der Waals surface area contributed by atoms with Crippen molar-refractivity contribution in [1.29, 1.82) is 0 Å². The second kappa shape index (κ2) is 4.07. The van der Waals surface area contributed by atoms with Crippen molar-refractivity contribution in [2.75, 3.05) is 5.32 Å². The van der Waals surface area contributed by atoms with E-state index in [0.717, 1.165) is 11.7 Å². The third-order valence-electron chi connectivity index (χ3n) is 3.83. The van der Waals surface area contributed by atoms with Crippen LogP contribution < -0.4 is 5.32 Å². The molecule has 2 unspecified atom stereocenters. The summed E-state index contributed by atoms with van der Waals surface area (Å²) in [7, 11) is 0. The number of rotatable bonds is 4. The highest BCUT2D eigenvalue weighted by Crippen LogP contribution is 2.38. The van der Waals surface area contributed by atoms with Crippen molar-refractivity contribution < 1.29 is 4.52 Å². The largest absolute Gasteiger partial charge is 0.335 e. The standard InChI is InChI=1S/C12H19N3O/c1-2-8-3-4-9(7-8)11-14-12(16-15-11)13-10-5-6-10/h8-10H,2-7H2,1H3,(H,13,14,15). The van der Waals surface area contributed by atoms with Crippen LogP contribution in [0.2, 0.25) is 0 Å². The molecule has 2 aliphatic rings. The third kappa shape index (κ3) is 2.06. The first-order chi connectivity index (χ1) is 7.85. The van der Waals surface area contributed by atoms with Crippen molar-refractivity contribution >= 4 is 6.01 Å². The molecule has 2 atom stereocenters. The maximum atomic E-state index is 5.22. The Hall–Kier alpha value is -1.06. The van der Waals surface area contributed by atoms with Crippen LogP contribution in [0.25, 0.3) is 0 Å². The number of hydrogen-bond acceptors (Lipinski definition) is 4. The first-order valence-electron chi connectivity index (χ1n) is 6.45. The summed E-state index contributed by atoms with van der Waals surface area (Å²) in [6, 6.07) is 1.21. The van der Waals surface area contributed by atoms with E-state index in [9.17, 15) is 0 Å². The molecular weight excluding hydrogens is 202 g/mol. The summed E-state index contributed by atoms with van der Waals surface area (Å²) in [6.07, 6.45) is 7.53. The summed E-state index contributed by atoms with van der Waals surface area (Å²) in [6.45, 7) is 2.27. The van der Waals surface area contributed by atoms with Crippen molar-refractivity contribution in [1.82, 2.24) is 10.1 Å². The molecule has 2 aliphatic carbocycles. The summed E-state index contributed by atoms with van der Waals surface area (Å²) in [4.78, 5) is 4.45. The van der Waals surface area contributed by atoms with E-state index in [1.807, 2.05) is 0 Å². The monoisotopic (exact) mass is 221 g/mol. The zero-order valence-electron chi connectivity index (χ0n) is 9.78. The Morgan fingerprint density at radius 3 is 2.88 bits per heavy atom. The number of aromatic nitrogens is 2. The van der Waals surface area contributed by atoms with E-state index >= 15 is 0 Å². The van der Waals surface area contributed by atoms with Gasteiger partial charge in [-0.1, -0.05) is 18.5 Å². The van der Waals surface area contributed by atoms with Crippen molar-refractivity contribution in [2.45, 2.75) is 57.4 Å². The van der Waals surface area contributed by atoms with Gasteiger partial charge < -0.3 is 9.84 Å². The van der Waals surface area contributed by atoms with E-state index in [1.165, 1.54) is 38.5 Å². The Morgan fingerprint density at radius 1 is 1.31 bits per heavy atom. The minimum atomic E-state index is 0.531. The number of hydrogen-bond donors (Lipinski definition) is 1. The van der Waals surface area contributed by atoms with Crippen LogP contribution >= 0.6 is 0 Å². The second-order valence-electron chi connectivity index (χ2n) is 5.16. The molecule has 16 heavy (non-hydrogen) atoms. The first kappa shape index (κ1) is 10.1. The summed E-state index contributed by atoms with van der Waals surface area (Å²) >= 11 is 0. The zero-order valence-corrected chi connectivity index (χ0v) is 9.78. The van der Waals surface area contributed by atoms with Gasteiger partial charge in [-0.05, 0) is 38.0 Å². The fourth-order valence-electron chi connectivity index (χ4n) is 2.54. The molecule has 88 valence electrons. The molecule has 0 aliphatic heterocycles. The van der Waals surface area contributed by atoms with Gasteiger partial charge in [-0.25, -0.2) is 0 Å². The highest BCUT2D eigenvalue weighted by molar-refractivity contribution is 5.24. The van der Waals surface area contributed by atoms with Gasteiger partial charge in [-0.2, -0.15) is 4.98 Å². The van der Waals surface area contributed by atoms with Gasteiger partial charge in [-0.15, -0.1) is 0 Å². The SMILES string of the molecule is CCC1CCC(c2noc(NC3CC3)n2)C1. The lowest BCUT2D eigenvalue weighted by Crippen LogP contribution is -2.02. The van der Waals surface area contributed by atoms with E-state index in [-0.39, 0.29) is 0 Å². The minimum absolute atomic E-state index is 0.531. The van der Waals surface area contributed by atoms with Gasteiger partial charge in [0.15, 0.2) is 5.82 Å². The van der Waals surface area contributed by atoms with E-state index in [4.69, 9.17) is 4.52 Å². The van der Waals surface area contributed by atoms with Crippen molar-refractivity contribution in [2.24, 2.45) is 5.92 Å². The van der Waals surface area contributed by atoms with Crippen molar-refractivity contribution in [3.63, 3.8) is 0 Å². The molecule has 0 amide bonds. The molecule has 4 heteroatoms. The van der Waals surface area contributed by atoms with Gasteiger partial charge in [0.05, 0.1) is 0 Å². The quantitative estimate of drug-likeness (QED) is 0.849. The lowest BCUT2D eigenvalue weighted by Gasteiger charge is -2.04. The molecule has 4 nitrogen and oxygen atoms in total. The van der Waals surface area contributed by atoms with Gasteiger partial charge >= 0.3 is 6.01 Å². The van der Waals surface area contributed by atoms with Crippen molar-refractivity contribution in [3.8, 4) is 0 Å². The summed E-state index contributed by atoms with van der Waals surface area (Å²) in [5, 5.41) is 7.34. The summed E-state index contributed by atoms with van der Waals surface area (Å²) in [5.41, 5.74) is 0. The maximum Gasteiger partial charge on any atom is 0.321 e. The topological polar surface area (TPSA) is 51.0 Å². The predicted molar refractivity (Wildman–Crippen MR) is 61.3 cm³/mol. The maximum absolute atomic E-state index is 5.22. The van der Waals surface area contributed by atoms with Gasteiger partial charge in [-0.3, -0.25) is 0 Å². The molecule has 1 N–H and O–H groups in total. The molecule has 1 aromatic rings. The third-order valence-corrected chi connectivity index (χ3v) is 3.83. The van der Waals surface area contributed by atoms with Crippen LogP contribution in [-0.4, -0.2) is 16.2 Å². The van der Waals surface area contributed by atoms with Gasteiger partial charge in [0, 0.05) is 12.0 Å². The Balaban J connectivity index is 1.63. The molecule has 0 spiro atoms. The van der Waals surface area contributed by atoms with E-state index in [0.29, 0.717) is 18.0 Å². The Labute approximate surface area is 95.8 Å². The van der Waals surface area contributed by atoms with Crippen molar-refractivity contribution in [3.05, 3.63) is 5.82 Å². The van der Waals surface area contributed by atoms with Crippen LogP contribution in [0.1, 0.15) is 57.2 Å². The highest BCUT2D eigenvalue weighted by atomic mass is 16.5. The first-order valence-corrected chi connectivity index (χ1v) is 6.45. The lowest BCUT2D eigenvalue weighted by molar-refractivity contribution is 0.413. The number of nitrogens with one attached hydrogen (secondary N) is 1. The predicted octanol–water partition coefficient (Wildman–Crippen LogP) is 2.94. The number of nitrogens with zero attached hydrogens (tertiary/aromatic N) is 2. The fraction of sp³-hybridized carbons (Fsp3) is 0.833. The number of anilines is 1. The van der Waals surface area contributed by atoms with Crippen LogP contribution in [0.5, 0.6) is 0 Å². The Bertz CT molecular complexity index is 359. The Kier molecular flexibility index (Phi) is 2.58. The van der Waals surface area contributed by atoms with Crippen LogP contribution in [-0.2, 0) is 0 Å². The molecule has 1 heterocycles. The molecular formula is C12H19N3O. The Morgan fingerprint density at radius 2 is 2.19 bits per heavy atom. The van der Waals surface area contributed by atoms with E-state index in [2.05, 4.69) is 22.4 Å². The summed E-state index contributed by atoms with van der Waals surface area (Å²) in [5.74, 6) is 2.31. The molecule has 1 aromatic heterocycles. The van der Waals surface area contributed by atoms with Crippen LogP contribution in [0.15, 0.2) is 4.52 Å². The van der Waals surface area contributed by atoms with Crippen LogP contribution in [0, 0.1) is 5.92 Å². The average Bonchev–Trinajstić information content (AvgIpc) is 2.83. The fourth-order valence-corrected chi connectivity index (χ4v) is 2.54. The van der Waals surface area contributed by atoms with Gasteiger partial charge in [0.25, 0.3) is 0 Å². The molecule has 0 aromatic carbocycles. The normalized spacial score (nSPS) is 29.6. The van der Waals surface area contributed by atoms with Crippen LogP contribution in [0.3, 0.4) is 0 Å². The van der Waals surface area contributed by atoms with Gasteiger partial charge in [0.2, 0.25) is 0 Å². The molecule has 2 fully saturated rings. The second-order valence-corrected chi connectivity index (χ2v) is 5.16. The molecule has 3 rings (SSSR count). The van der Waals surface area contributed by atoms with Crippen LogP contribution in [0.4, 0.5) is 6.01 Å². The summed E-state index contributed by atoms with van der Waals surface area (Å²) < 4.78 is 5.22. The zero-order chi connectivity index (χ0) is 11.0. The minimum Gasteiger partial charge on any atom is -0.335 e. The van der Waals surface area contributed by atoms with E-state index < -0.39 is 0 Å². The molecule has 0 bridgehead atoms. The molecule has 2 saturated carbocycles. The van der Waals surface area contributed by atoms with E-state index in [1.54, 1.807) is 0 Å². The smallest absolute Gasteiger partial charge is 0.321 e.